The molecular formula is C16H12BrN3OS2. The van der Waals surface area contributed by atoms with Crippen LogP contribution in [0.5, 0.6) is 0 Å². The van der Waals surface area contributed by atoms with Crippen LogP contribution in [0.15, 0.2) is 62.4 Å². The number of amides is 1. The molecule has 7 heteroatoms. The Bertz CT molecular complexity index is 833. The van der Waals surface area contributed by atoms with Crippen molar-refractivity contribution in [3.05, 3.63) is 63.7 Å². The maximum absolute atomic E-state index is 12.5. The summed E-state index contributed by atoms with van der Waals surface area (Å²) in [5.41, 5.74) is 1.50. The highest BCUT2D eigenvalue weighted by Gasteiger charge is 2.14. The summed E-state index contributed by atoms with van der Waals surface area (Å²) < 4.78 is 0.923. The second-order valence-corrected chi connectivity index (χ2v) is 7.50. The van der Waals surface area contributed by atoms with Crippen LogP contribution in [0.25, 0.3) is 0 Å². The number of rotatable bonds is 4. The lowest BCUT2D eigenvalue weighted by molar-refractivity contribution is 0.102. The number of aryl methyl sites for hydroxylation is 1. The number of carbonyl (C=O) groups excluding carboxylic acids is 1. The van der Waals surface area contributed by atoms with Crippen molar-refractivity contribution in [3.8, 4) is 0 Å². The molecule has 2 heterocycles. The standard InChI is InChI=1S/C16H12BrN3OS2/c1-10-9-22-16(19-10)20-15(21)12-4-2-3-5-13(12)23-14-7-6-11(17)8-18-14/h2-9H,1H3,(H,19,20,21). The van der Waals surface area contributed by atoms with E-state index in [9.17, 15) is 4.79 Å². The van der Waals surface area contributed by atoms with Crippen LogP contribution in [0.1, 0.15) is 16.1 Å². The van der Waals surface area contributed by atoms with Gasteiger partial charge in [-0.15, -0.1) is 11.3 Å². The summed E-state index contributed by atoms with van der Waals surface area (Å²) in [7, 11) is 0. The lowest BCUT2D eigenvalue weighted by atomic mass is 10.2. The van der Waals surface area contributed by atoms with Gasteiger partial charge in [-0.25, -0.2) is 9.97 Å². The van der Waals surface area contributed by atoms with E-state index in [-0.39, 0.29) is 5.91 Å². The van der Waals surface area contributed by atoms with Gasteiger partial charge in [0.15, 0.2) is 5.13 Å². The Morgan fingerprint density at radius 3 is 2.78 bits per heavy atom. The minimum Gasteiger partial charge on any atom is -0.298 e. The van der Waals surface area contributed by atoms with Gasteiger partial charge < -0.3 is 0 Å². The fourth-order valence-corrected chi connectivity index (χ4v) is 3.66. The molecule has 2 aromatic heterocycles. The number of carbonyl (C=O) groups is 1. The summed E-state index contributed by atoms with van der Waals surface area (Å²) in [6.07, 6.45) is 1.74. The molecule has 0 saturated carbocycles. The van der Waals surface area contributed by atoms with Gasteiger partial charge in [-0.3, -0.25) is 10.1 Å². The molecule has 1 amide bonds. The number of aromatic nitrogens is 2. The molecule has 0 radical (unpaired) electrons. The van der Waals surface area contributed by atoms with Crippen LogP contribution in [0.4, 0.5) is 5.13 Å². The number of pyridine rings is 1. The molecule has 0 fully saturated rings. The highest BCUT2D eigenvalue weighted by Crippen LogP contribution is 2.30. The molecule has 3 rings (SSSR count). The maximum atomic E-state index is 12.5. The van der Waals surface area contributed by atoms with Crippen molar-refractivity contribution < 1.29 is 4.79 Å². The van der Waals surface area contributed by atoms with Crippen molar-refractivity contribution in [2.45, 2.75) is 16.8 Å². The van der Waals surface area contributed by atoms with Crippen LogP contribution in [-0.4, -0.2) is 15.9 Å². The summed E-state index contributed by atoms with van der Waals surface area (Å²) >= 11 is 6.24. The average molecular weight is 406 g/mol. The summed E-state index contributed by atoms with van der Waals surface area (Å²) in [6.45, 7) is 1.90. The van der Waals surface area contributed by atoms with Gasteiger partial charge >= 0.3 is 0 Å². The normalized spacial score (nSPS) is 10.5. The van der Waals surface area contributed by atoms with Gasteiger partial charge in [0.1, 0.15) is 5.03 Å². The molecule has 0 spiro atoms. The lowest BCUT2D eigenvalue weighted by Gasteiger charge is -2.08. The average Bonchev–Trinajstić information content (AvgIpc) is 2.95. The van der Waals surface area contributed by atoms with Crippen LogP contribution in [-0.2, 0) is 0 Å². The van der Waals surface area contributed by atoms with Gasteiger partial charge in [0.2, 0.25) is 0 Å². The van der Waals surface area contributed by atoms with Crippen molar-refractivity contribution in [3.63, 3.8) is 0 Å². The summed E-state index contributed by atoms with van der Waals surface area (Å²) in [5.74, 6) is -0.167. The maximum Gasteiger partial charge on any atom is 0.258 e. The van der Waals surface area contributed by atoms with Gasteiger partial charge in [-0.2, -0.15) is 0 Å². The number of hydrogen-bond donors (Lipinski definition) is 1. The van der Waals surface area contributed by atoms with E-state index in [4.69, 9.17) is 0 Å². The minimum atomic E-state index is -0.167. The smallest absolute Gasteiger partial charge is 0.258 e. The first-order chi connectivity index (χ1) is 11.1. The third-order valence-corrected chi connectivity index (χ3v) is 5.26. The molecule has 0 saturated heterocycles. The predicted molar refractivity (Wildman–Crippen MR) is 97.3 cm³/mol. The number of nitrogens with one attached hydrogen (secondary N) is 1. The monoisotopic (exact) mass is 405 g/mol. The first-order valence-electron chi connectivity index (χ1n) is 6.74. The minimum absolute atomic E-state index is 0.167. The van der Waals surface area contributed by atoms with Crippen LogP contribution < -0.4 is 5.32 Å². The first kappa shape index (κ1) is 16.2. The van der Waals surface area contributed by atoms with E-state index in [1.807, 2.05) is 42.6 Å². The Labute approximate surface area is 150 Å². The summed E-state index contributed by atoms with van der Waals surface area (Å²) in [5, 5.41) is 6.18. The summed E-state index contributed by atoms with van der Waals surface area (Å²) in [4.78, 5) is 22.0. The van der Waals surface area contributed by atoms with Gasteiger partial charge in [-0.05, 0) is 47.1 Å². The molecule has 0 aliphatic carbocycles. The number of thiazole rings is 1. The van der Waals surface area contributed by atoms with E-state index in [0.717, 1.165) is 20.1 Å². The van der Waals surface area contributed by atoms with Crippen LogP contribution in [0.2, 0.25) is 0 Å². The highest BCUT2D eigenvalue weighted by atomic mass is 79.9. The van der Waals surface area contributed by atoms with Crippen molar-refractivity contribution >= 4 is 50.1 Å². The van der Waals surface area contributed by atoms with Crippen LogP contribution in [0.3, 0.4) is 0 Å². The van der Waals surface area contributed by atoms with E-state index in [0.29, 0.717) is 10.7 Å². The number of anilines is 1. The van der Waals surface area contributed by atoms with Gasteiger partial charge in [0, 0.05) is 20.9 Å². The van der Waals surface area contributed by atoms with E-state index in [2.05, 4.69) is 31.2 Å². The topological polar surface area (TPSA) is 54.9 Å². The second kappa shape index (κ2) is 7.25. The van der Waals surface area contributed by atoms with E-state index >= 15 is 0 Å². The molecule has 1 aromatic carbocycles. The van der Waals surface area contributed by atoms with Crippen molar-refractivity contribution in [2.24, 2.45) is 0 Å². The quantitative estimate of drug-likeness (QED) is 0.662. The van der Waals surface area contributed by atoms with Gasteiger partial charge in [-0.1, -0.05) is 23.9 Å². The van der Waals surface area contributed by atoms with Crippen LogP contribution >= 0.6 is 39.0 Å². The molecule has 1 N–H and O–H groups in total. The fourth-order valence-electron chi connectivity index (χ4n) is 1.85. The Hall–Kier alpha value is -1.70. The molecule has 116 valence electrons. The van der Waals surface area contributed by atoms with Gasteiger partial charge in [0.25, 0.3) is 5.91 Å². The van der Waals surface area contributed by atoms with Crippen molar-refractivity contribution in [2.75, 3.05) is 5.32 Å². The molecule has 23 heavy (non-hydrogen) atoms. The van der Waals surface area contributed by atoms with E-state index < -0.39 is 0 Å². The number of nitrogens with zero attached hydrogens (tertiary/aromatic N) is 2. The van der Waals surface area contributed by atoms with E-state index in [1.165, 1.54) is 23.1 Å². The Kier molecular flexibility index (Phi) is 5.09. The number of halogens is 1. The van der Waals surface area contributed by atoms with Crippen molar-refractivity contribution in [1.29, 1.82) is 0 Å². The molecule has 0 atom stereocenters. The SMILES string of the molecule is Cc1csc(NC(=O)c2ccccc2Sc2ccc(Br)cn2)n1. The Morgan fingerprint density at radius 2 is 2.09 bits per heavy atom. The predicted octanol–water partition coefficient (Wildman–Crippen LogP) is 5.01. The highest BCUT2D eigenvalue weighted by molar-refractivity contribution is 9.10. The number of benzene rings is 1. The lowest BCUT2D eigenvalue weighted by Crippen LogP contribution is -2.12. The van der Waals surface area contributed by atoms with Crippen LogP contribution in [0, 0.1) is 6.92 Å². The molecule has 0 bridgehead atoms. The molecule has 0 aliphatic rings. The van der Waals surface area contributed by atoms with Crippen molar-refractivity contribution in [1.82, 2.24) is 9.97 Å². The molecular weight excluding hydrogens is 394 g/mol. The first-order valence-corrected chi connectivity index (χ1v) is 9.22. The third kappa shape index (κ3) is 4.19. The zero-order valence-corrected chi connectivity index (χ0v) is 15.3. The van der Waals surface area contributed by atoms with Gasteiger partial charge in [0.05, 0.1) is 11.3 Å². The Morgan fingerprint density at radius 1 is 1.26 bits per heavy atom. The largest absolute Gasteiger partial charge is 0.298 e. The molecule has 0 unspecified atom stereocenters. The second-order valence-electron chi connectivity index (χ2n) is 4.66. The van der Waals surface area contributed by atoms with E-state index in [1.54, 1.807) is 12.3 Å². The molecule has 3 aromatic rings. The number of hydrogen-bond acceptors (Lipinski definition) is 5. The third-order valence-electron chi connectivity index (χ3n) is 2.89. The molecule has 4 nitrogen and oxygen atoms in total. The molecule has 0 aliphatic heterocycles. The summed E-state index contributed by atoms with van der Waals surface area (Å²) in [6, 6.07) is 11.3. The zero-order valence-electron chi connectivity index (χ0n) is 12.1. The zero-order chi connectivity index (χ0) is 16.2. The fraction of sp³-hybridized carbons (Fsp3) is 0.0625. The Balaban J connectivity index is 1.82.